The Hall–Kier alpha value is -1.26. The van der Waals surface area contributed by atoms with E-state index >= 15 is 0 Å². The van der Waals surface area contributed by atoms with Crippen LogP contribution in [0.25, 0.3) is 0 Å². The molecular weight excluding hydrogens is 242 g/mol. The summed E-state index contributed by atoms with van der Waals surface area (Å²) in [6.45, 7) is 3.78. The minimum Gasteiger partial charge on any atom is -0.507 e. The van der Waals surface area contributed by atoms with Crippen LogP contribution in [0.3, 0.4) is 0 Å². The maximum absolute atomic E-state index is 10.1. The Morgan fingerprint density at radius 2 is 2.05 bits per heavy atom. The normalized spacial score (nSPS) is 18.5. The fourth-order valence-electron chi connectivity index (χ4n) is 2.63. The van der Waals surface area contributed by atoms with Crippen molar-refractivity contribution in [3.63, 3.8) is 0 Å². The molecule has 0 bridgehead atoms. The van der Waals surface area contributed by atoms with Gasteiger partial charge in [-0.05, 0) is 32.9 Å². The SMILES string of the molecule is COc1ccc(C(C)N(C)C2CCOCC2)c(O)c1. The number of nitrogens with zero attached hydrogens (tertiary/aromatic N) is 1. The monoisotopic (exact) mass is 265 g/mol. The van der Waals surface area contributed by atoms with Gasteiger partial charge in [0.1, 0.15) is 11.5 Å². The van der Waals surface area contributed by atoms with Gasteiger partial charge in [-0.25, -0.2) is 0 Å². The first-order chi connectivity index (χ1) is 9.13. The first-order valence-corrected chi connectivity index (χ1v) is 6.80. The summed E-state index contributed by atoms with van der Waals surface area (Å²) in [5.74, 6) is 0.980. The third kappa shape index (κ3) is 3.19. The van der Waals surface area contributed by atoms with E-state index in [0.29, 0.717) is 17.5 Å². The number of benzene rings is 1. The summed E-state index contributed by atoms with van der Waals surface area (Å²) in [7, 11) is 3.72. The lowest BCUT2D eigenvalue weighted by Crippen LogP contribution is -2.38. The molecule has 1 heterocycles. The number of phenolic OH excluding ortho intramolecular Hbond substituents is 1. The molecule has 19 heavy (non-hydrogen) atoms. The quantitative estimate of drug-likeness (QED) is 0.908. The Kier molecular flexibility index (Phi) is 4.66. The van der Waals surface area contributed by atoms with E-state index in [9.17, 15) is 5.11 Å². The summed E-state index contributed by atoms with van der Waals surface area (Å²) in [5, 5.41) is 10.1. The summed E-state index contributed by atoms with van der Waals surface area (Å²) in [6, 6.07) is 6.20. The topological polar surface area (TPSA) is 41.9 Å². The summed E-state index contributed by atoms with van der Waals surface area (Å²) in [6.07, 6.45) is 2.11. The highest BCUT2D eigenvalue weighted by atomic mass is 16.5. The molecule has 0 amide bonds. The second-order valence-corrected chi connectivity index (χ2v) is 5.11. The van der Waals surface area contributed by atoms with Crippen LogP contribution in [0.15, 0.2) is 18.2 Å². The molecule has 1 aromatic rings. The van der Waals surface area contributed by atoms with Crippen molar-refractivity contribution in [3.05, 3.63) is 23.8 Å². The average Bonchev–Trinajstić information content (AvgIpc) is 2.46. The van der Waals surface area contributed by atoms with Gasteiger partial charge < -0.3 is 14.6 Å². The summed E-state index contributed by atoms with van der Waals surface area (Å²) in [4.78, 5) is 2.32. The van der Waals surface area contributed by atoms with Crippen LogP contribution >= 0.6 is 0 Å². The number of aromatic hydroxyl groups is 1. The van der Waals surface area contributed by atoms with Crippen LogP contribution < -0.4 is 4.74 Å². The predicted molar refractivity (Wildman–Crippen MR) is 74.7 cm³/mol. The lowest BCUT2D eigenvalue weighted by atomic mass is 10.0. The van der Waals surface area contributed by atoms with Crippen LogP contribution in [-0.2, 0) is 4.74 Å². The van der Waals surface area contributed by atoms with Crippen molar-refractivity contribution in [1.29, 1.82) is 0 Å². The molecule has 1 unspecified atom stereocenters. The molecular formula is C15H23NO3. The van der Waals surface area contributed by atoms with Gasteiger partial charge in [-0.1, -0.05) is 6.07 Å². The van der Waals surface area contributed by atoms with Gasteiger partial charge in [-0.3, -0.25) is 4.90 Å². The molecule has 0 spiro atoms. The van der Waals surface area contributed by atoms with Gasteiger partial charge in [-0.15, -0.1) is 0 Å². The fourth-order valence-corrected chi connectivity index (χ4v) is 2.63. The largest absolute Gasteiger partial charge is 0.507 e. The first kappa shape index (κ1) is 14.2. The highest BCUT2D eigenvalue weighted by Gasteiger charge is 2.24. The molecule has 2 rings (SSSR count). The average molecular weight is 265 g/mol. The third-order valence-corrected chi connectivity index (χ3v) is 4.07. The van der Waals surface area contributed by atoms with Gasteiger partial charge in [0, 0.05) is 36.9 Å². The van der Waals surface area contributed by atoms with Crippen LogP contribution in [-0.4, -0.2) is 43.4 Å². The summed E-state index contributed by atoms with van der Waals surface area (Å²) in [5.41, 5.74) is 0.940. The van der Waals surface area contributed by atoms with Crippen LogP contribution in [0.1, 0.15) is 31.4 Å². The number of rotatable bonds is 4. The smallest absolute Gasteiger partial charge is 0.124 e. The van der Waals surface area contributed by atoms with Gasteiger partial charge in [0.05, 0.1) is 7.11 Å². The Morgan fingerprint density at radius 3 is 2.63 bits per heavy atom. The van der Waals surface area contributed by atoms with Crippen LogP contribution in [0.4, 0.5) is 0 Å². The van der Waals surface area contributed by atoms with Gasteiger partial charge in [-0.2, -0.15) is 0 Å². The van der Waals surface area contributed by atoms with E-state index in [-0.39, 0.29) is 6.04 Å². The second kappa shape index (κ2) is 6.26. The van der Waals surface area contributed by atoms with E-state index < -0.39 is 0 Å². The highest BCUT2D eigenvalue weighted by Crippen LogP contribution is 2.33. The molecule has 4 nitrogen and oxygen atoms in total. The van der Waals surface area contributed by atoms with Gasteiger partial charge >= 0.3 is 0 Å². The van der Waals surface area contributed by atoms with Gasteiger partial charge in [0.15, 0.2) is 0 Å². The highest BCUT2D eigenvalue weighted by molar-refractivity contribution is 5.41. The minimum absolute atomic E-state index is 0.175. The van der Waals surface area contributed by atoms with E-state index in [2.05, 4.69) is 18.9 Å². The van der Waals surface area contributed by atoms with Crippen molar-refractivity contribution in [2.24, 2.45) is 0 Å². The second-order valence-electron chi connectivity index (χ2n) is 5.11. The molecule has 1 atom stereocenters. The maximum Gasteiger partial charge on any atom is 0.124 e. The van der Waals surface area contributed by atoms with Crippen molar-refractivity contribution in [2.45, 2.75) is 31.8 Å². The molecule has 0 saturated carbocycles. The molecule has 1 aliphatic heterocycles. The Morgan fingerprint density at radius 1 is 1.37 bits per heavy atom. The van der Waals surface area contributed by atoms with Crippen LogP contribution in [0, 0.1) is 0 Å². The number of ether oxygens (including phenoxy) is 2. The summed E-state index contributed by atoms with van der Waals surface area (Å²) < 4.78 is 10.5. The Bertz CT molecular complexity index is 416. The van der Waals surface area contributed by atoms with E-state index in [4.69, 9.17) is 9.47 Å². The maximum atomic E-state index is 10.1. The van der Waals surface area contributed by atoms with Crippen molar-refractivity contribution in [2.75, 3.05) is 27.4 Å². The molecule has 1 fully saturated rings. The molecule has 106 valence electrons. The van der Waals surface area contributed by atoms with Gasteiger partial charge in [0.25, 0.3) is 0 Å². The minimum atomic E-state index is 0.175. The lowest BCUT2D eigenvalue weighted by Gasteiger charge is -2.35. The van der Waals surface area contributed by atoms with E-state index in [1.54, 1.807) is 13.2 Å². The molecule has 4 heteroatoms. The van der Waals surface area contributed by atoms with Crippen molar-refractivity contribution in [1.82, 2.24) is 4.90 Å². The molecule has 0 radical (unpaired) electrons. The van der Waals surface area contributed by atoms with E-state index in [1.807, 2.05) is 12.1 Å². The Labute approximate surface area is 114 Å². The van der Waals surface area contributed by atoms with Crippen LogP contribution in [0.2, 0.25) is 0 Å². The lowest BCUT2D eigenvalue weighted by molar-refractivity contribution is 0.0306. The summed E-state index contributed by atoms with van der Waals surface area (Å²) >= 11 is 0. The number of methoxy groups -OCH3 is 1. The standard InChI is InChI=1S/C15H23NO3/c1-11(16(2)12-6-8-19-9-7-12)14-5-4-13(18-3)10-15(14)17/h4-5,10-12,17H,6-9H2,1-3H3. The number of hydrogen-bond donors (Lipinski definition) is 1. The van der Waals surface area contributed by atoms with Crippen molar-refractivity contribution >= 4 is 0 Å². The predicted octanol–water partition coefficient (Wildman–Crippen LogP) is 2.57. The molecule has 1 aromatic carbocycles. The first-order valence-electron chi connectivity index (χ1n) is 6.80. The molecule has 0 aliphatic carbocycles. The van der Waals surface area contributed by atoms with Crippen LogP contribution in [0.5, 0.6) is 11.5 Å². The van der Waals surface area contributed by atoms with E-state index in [1.165, 1.54) is 0 Å². The molecule has 1 aliphatic rings. The third-order valence-electron chi connectivity index (χ3n) is 4.07. The Balaban J connectivity index is 2.11. The number of phenols is 1. The molecule has 1 N–H and O–H groups in total. The van der Waals surface area contributed by atoms with Crippen molar-refractivity contribution < 1.29 is 14.6 Å². The zero-order chi connectivity index (χ0) is 13.8. The molecule has 1 saturated heterocycles. The zero-order valence-corrected chi connectivity index (χ0v) is 11.9. The zero-order valence-electron chi connectivity index (χ0n) is 11.9. The van der Waals surface area contributed by atoms with Crippen molar-refractivity contribution in [3.8, 4) is 11.5 Å². The van der Waals surface area contributed by atoms with Gasteiger partial charge in [0.2, 0.25) is 0 Å². The van der Waals surface area contributed by atoms with E-state index in [0.717, 1.165) is 31.6 Å². The fraction of sp³-hybridized carbons (Fsp3) is 0.600. The number of hydrogen-bond acceptors (Lipinski definition) is 4. The molecule has 0 aromatic heterocycles.